The standard InChI is InChI=1S/C14H17NO2/c1-14(2)13(16)15(9-10-7-8-10)11-5-3-4-6-12(11)17-14/h3-6,10H,7-9H2,1-2H3. The van der Waals surface area contributed by atoms with Crippen LogP contribution in [0.2, 0.25) is 0 Å². The first-order chi connectivity index (χ1) is 8.08. The summed E-state index contributed by atoms with van der Waals surface area (Å²) >= 11 is 0. The van der Waals surface area contributed by atoms with Crippen molar-refractivity contribution in [2.24, 2.45) is 5.92 Å². The molecule has 1 aromatic carbocycles. The van der Waals surface area contributed by atoms with Crippen LogP contribution in [0.3, 0.4) is 0 Å². The van der Waals surface area contributed by atoms with Gasteiger partial charge in [-0.1, -0.05) is 12.1 Å². The maximum atomic E-state index is 12.4. The number of nitrogens with zero attached hydrogens (tertiary/aromatic N) is 1. The van der Waals surface area contributed by atoms with Crippen molar-refractivity contribution in [2.45, 2.75) is 32.3 Å². The summed E-state index contributed by atoms with van der Waals surface area (Å²) in [6.07, 6.45) is 2.49. The van der Waals surface area contributed by atoms with Crippen molar-refractivity contribution in [3.8, 4) is 5.75 Å². The molecule has 3 rings (SSSR count). The van der Waals surface area contributed by atoms with Crippen molar-refractivity contribution >= 4 is 11.6 Å². The number of benzene rings is 1. The molecule has 0 radical (unpaired) electrons. The smallest absolute Gasteiger partial charge is 0.270 e. The van der Waals surface area contributed by atoms with E-state index in [0.29, 0.717) is 5.92 Å². The van der Waals surface area contributed by atoms with Crippen molar-refractivity contribution in [1.29, 1.82) is 0 Å². The molecule has 1 aromatic rings. The van der Waals surface area contributed by atoms with Crippen LogP contribution in [0.25, 0.3) is 0 Å². The summed E-state index contributed by atoms with van der Waals surface area (Å²) in [4.78, 5) is 14.3. The highest BCUT2D eigenvalue weighted by atomic mass is 16.5. The lowest BCUT2D eigenvalue weighted by Crippen LogP contribution is -2.53. The Hall–Kier alpha value is -1.51. The fraction of sp³-hybridized carbons (Fsp3) is 0.500. The topological polar surface area (TPSA) is 29.5 Å². The SMILES string of the molecule is CC1(C)Oc2ccccc2N(CC2CC2)C1=O. The number of carbonyl (C=O) groups excluding carboxylic acids is 1. The van der Waals surface area contributed by atoms with E-state index >= 15 is 0 Å². The average Bonchev–Trinajstić information content (AvgIpc) is 3.08. The van der Waals surface area contributed by atoms with E-state index in [9.17, 15) is 4.79 Å². The molecule has 0 atom stereocenters. The first-order valence-corrected chi connectivity index (χ1v) is 6.18. The number of ether oxygens (including phenoxy) is 1. The van der Waals surface area contributed by atoms with Crippen molar-refractivity contribution < 1.29 is 9.53 Å². The van der Waals surface area contributed by atoms with E-state index in [1.54, 1.807) is 0 Å². The van der Waals surface area contributed by atoms with Gasteiger partial charge in [0.25, 0.3) is 5.91 Å². The minimum absolute atomic E-state index is 0.0723. The number of anilines is 1. The van der Waals surface area contributed by atoms with Gasteiger partial charge in [0, 0.05) is 6.54 Å². The number of hydrogen-bond donors (Lipinski definition) is 0. The van der Waals surface area contributed by atoms with Gasteiger partial charge in [-0.2, -0.15) is 0 Å². The Morgan fingerprint density at radius 2 is 2.06 bits per heavy atom. The predicted molar refractivity (Wildman–Crippen MR) is 66.2 cm³/mol. The molecule has 3 heteroatoms. The quantitative estimate of drug-likeness (QED) is 0.783. The highest BCUT2D eigenvalue weighted by molar-refractivity contribution is 6.02. The van der Waals surface area contributed by atoms with Gasteiger partial charge >= 0.3 is 0 Å². The Balaban J connectivity index is 2.01. The first kappa shape index (κ1) is 10.6. The van der Waals surface area contributed by atoms with Gasteiger partial charge in [0.15, 0.2) is 5.60 Å². The zero-order chi connectivity index (χ0) is 12.0. The van der Waals surface area contributed by atoms with Crippen LogP contribution in [0.4, 0.5) is 5.69 Å². The summed E-state index contributed by atoms with van der Waals surface area (Å²) in [6, 6.07) is 7.79. The molecule has 3 nitrogen and oxygen atoms in total. The van der Waals surface area contributed by atoms with E-state index in [-0.39, 0.29) is 5.91 Å². The molecule has 0 unspecified atom stereocenters. The van der Waals surface area contributed by atoms with E-state index in [1.165, 1.54) is 12.8 Å². The monoisotopic (exact) mass is 231 g/mol. The Morgan fingerprint density at radius 1 is 1.35 bits per heavy atom. The van der Waals surface area contributed by atoms with E-state index in [4.69, 9.17) is 4.74 Å². The van der Waals surface area contributed by atoms with E-state index in [2.05, 4.69) is 0 Å². The third-order valence-corrected chi connectivity index (χ3v) is 3.42. The Kier molecular flexibility index (Phi) is 2.18. The lowest BCUT2D eigenvalue weighted by Gasteiger charge is -2.38. The fourth-order valence-corrected chi connectivity index (χ4v) is 2.26. The predicted octanol–water partition coefficient (Wildman–Crippen LogP) is 2.60. The number of rotatable bonds is 2. The van der Waals surface area contributed by atoms with Crippen LogP contribution in [-0.4, -0.2) is 18.1 Å². The summed E-state index contributed by atoms with van der Waals surface area (Å²) in [5.74, 6) is 1.57. The summed E-state index contributed by atoms with van der Waals surface area (Å²) in [7, 11) is 0. The second kappa shape index (κ2) is 3.49. The van der Waals surface area contributed by atoms with Gasteiger partial charge in [-0.3, -0.25) is 4.79 Å². The maximum Gasteiger partial charge on any atom is 0.270 e. The van der Waals surface area contributed by atoms with Crippen LogP contribution in [0.5, 0.6) is 5.75 Å². The molecular weight excluding hydrogens is 214 g/mol. The Bertz CT molecular complexity index is 463. The Labute approximate surface area is 101 Å². The second-order valence-electron chi connectivity index (χ2n) is 5.44. The summed E-state index contributed by atoms with van der Waals surface area (Å²) in [5, 5.41) is 0. The first-order valence-electron chi connectivity index (χ1n) is 6.18. The lowest BCUT2D eigenvalue weighted by molar-refractivity contribution is -0.132. The van der Waals surface area contributed by atoms with Gasteiger partial charge in [0.1, 0.15) is 5.75 Å². The van der Waals surface area contributed by atoms with Crippen LogP contribution in [0.1, 0.15) is 26.7 Å². The number of amides is 1. The fourth-order valence-electron chi connectivity index (χ4n) is 2.26. The molecule has 0 spiro atoms. The summed E-state index contributed by atoms with van der Waals surface area (Å²) < 4.78 is 5.77. The number of hydrogen-bond acceptors (Lipinski definition) is 2. The molecule has 1 heterocycles. The third kappa shape index (κ3) is 1.79. The molecule has 0 saturated heterocycles. The van der Waals surface area contributed by atoms with Gasteiger partial charge in [-0.25, -0.2) is 0 Å². The highest BCUT2D eigenvalue weighted by Crippen LogP contribution is 2.40. The van der Waals surface area contributed by atoms with E-state index in [1.807, 2.05) is 43.0 Å². The van der Waals surface area contributed by atoms with Crippen molar-refractivity contribution in [3.63, 3.8) is 0 Å². The molecule has 1 fully saturated rings. The normalized spacial score (nSPS) is 22.0. The molecule has 1 aliphatic carbocycles. The largest absolute Gasteiger partial charge is 0.476 e. The minimum Gasteiger partial charge on any atom is -0.476 e. The van der Waals surface area contributed by atoms with E-state index in [0.717, 1.165) is 18.0 Å². The zero-order valence-corrected chi connectivity index (χ0v) is 10.3. The average molecular weight is 231 g/mol. The number of fused-ring (bicyclic) bond motifs is 1. The summed E-state index contributed by atoms with van der Waals surface area (Å²) in [5.41, 5.74) is 0.173. The van der Waals surface area contributed by atoms with Crippen LogP contribution in [0, 0.1) is 5.92 Å². The van der Waals surface area contributed by atoms with E-state index < -0.39 is 5.60 Å². The van der Waals surface area contributed by atoms with Crippen LogP contribution in [-0.2, 0) is 4.79 Å². The van der Waals surface area contributed by atoms with Gasteiger partial charge in [-0.05, 0) is 44.7 Å². The van der Waals surface area contributed by atoms with Crippen LogP contribution in [0.15, 0.2) is 24.3 Å². The van der Waals surface area contributed by atoms with Crippen molar-refractivity contribution in [2.75, 3.05) is 11.4 Å². The minimum atomic E-state index is -0.747. The van der Waals surface area contributed by atoms with Gasteiger partial charge in [-0.15, -0.1) is 0 Å². The molecule has 2 aliphatic rings. The third-order valence-electron chi connectivity index (χ3n) is 3.42. The molecule has 1 saturated carbocycles. The molecule has 0 bridgehead atoms. The van der Waals surface area contributed by atoms with Gasteiger partial charge in [0.2, 0.25) is 0 Å². The lowest BCUT2D eigenvalue weighted by atomic mass is 10.0. The van der Waals surface area contributed by atoms with Crippen molar-refractivity contribution in [1.82, 2.24) is 0 Å². The molecule has 1 amide bonds. The maximum absolute atomic E-state index is 12.4. The van der Waals surface area contributed by atoms with Gasteiger partial charge in [0.05, 0.1) is 5.69 Å². The Morgan fingerprint density at radius 3 is 2.76 bits per heavy atom. The molecular formula is C14H17NO2. The van der Waals surface area contributed by atoms with Gasteiger partial charge < -0.3 is 9.64 Å². The molecule has 17 heavy (non-hydrogen) atoms. The summed E-state index contributed by atoms with van der Waals surface area (Å²) in [6.45, 7) is 4.51. The zero-order valence-electron chi connectivity index (χ0n) is 10.3. The highest BCUT2D eigenvalue weighted by Gasteiger charge is 2.42. The number of para-hydroxylation sites is 2. The second-order valence-corrected chi connectivity index (χ2v) is 5.44. The molecule has 90 valence electrons. The van der Waals surface area contributed by atoms with Crippen LogP contribution < -0.4 is 9.64 Å². The van der Waals surface area contributed by atoms with Crippen molar-refractivity contribution in [3.05, 3.63) is 24.3 Å². The van der Waals surface area contributed by atoms with Crippen LogP contribution >= 0.6 is 0 Å². The molecule has 0 N–H and O–H groups in total. The molecule has 1 aliphatic heterocycles. The number of carbonyl (C=O) groups is 1. The molecule has 0 aromatic heterocycles.